The normalized spacial score (nSPS) is 19.0. The quantitative estimate of drug-likeness (QED) is 0.390. The van der Waals surface area contributed by atoms with Gasteiger partial charge in [-0.1, -0.05) is 6.92 Å². The standard InChI is InChI=1S/C19H39N5O2/c1-7-23-12-8-10-16(23)14-22-17(20)21-11-9-13-24(15(2)3)18(25)26-19(4,5)6/h15-16H,7-14H2,1-6H3,(H3,20,21,22). The van der Waals surface area contributed by atoms with E-state index in [2.05, 4.69) is 22.1 Å². The highest BCUT2D eigenvalue weighted by molar-refractivity contribution is 5.77. The van der Waals surface area contributed by atoms with E-state index in [4.69, 9.17) is 10.5 Å². The summed E-state index contributed by atoms with van der Waals surface area (Å²) < 4.78 is 5.47. The van der Waals surface area contributed by atoms with Crippen LogP contribution in [0.15, 0.2) is 4.99 Å². The lowest BCUT2D eigenvalue weighted by Gasteiger charge is -2.30. The number of guanidine groups is 1. The van der Waals surface area contributed by atoms with Gasteiger partial charge in [-0.2, -0.15) is 0 Å². The molecule has 0 aliphatic carbocycles. The topological polar surface area (TPSA) is 83.2 Å². The molecule has 1 amide bonds. The molecule has 0 radical (unpaired) electrons. The molecule has 1 rings (SSSR count). The molecule has 0 bridgehead atoms. The number of nitrogens with one attached hydrogen (secondary N) is 1. The van der Waals surface area contributed by atoms with Crippen LogP contribution in [0.5, 0.6) is 0 Å². The summed E-state index contributed by atoms with van der Waals surface area (Å²) in [5, 5.41) is 3.15. The fourth-order valence-electron chi connectivity index (χ4n) is 3.12. The van der Waals surface area contributed by atoms with Crippen LogP contribution in [-0.4, -0.2) is 72.3 Å². The van der Waals surface area contributed by atoms with Crippen LogP contribution in [0.25, 0.3) is 0 Å². The molecule has 7 heteroatoms. The Balaban J connectivity index is 2.34. The molecule has 1 unspecified atom stereocenters. The molecule has 0 spiro atoms. The van der Waals surface area contributed by atoms with Crippen LogP contribution in [-0.2, 0) is 4.74 Å². The van der Waals surface area contributed by atoms with Gasteiger partial charge in [0.1, 0.15) is 5.60 Å². The third-order valence-electron chi connectivity index (χ3n) is 4.51. The maximum Gasteiger partial charge on any atom is 0.410 e. The largest absolute Gasteiger partial charge is 0.444 e. The summed E-state index contributed by atoms with van der Waals surface area (Å²) in [6, 6.07) is 0.613. The Morgan fingerprint density at radius 2 is 2.12 bits per heavy atom. The Bertz CT molecular complexity index is 459. The monoisotopic (exact) mass is 369 g/mol. The van der Waals surface area contributed by atoms with Crippen LogP contribution in [0, 0.1) is 0 Å². The number of hydrogen-bond donors (Lipinski definition) is 2. The molecule has 0 aromatic rings. The van der Waals surface area contributed by atoms with Gasteiger partial charge in [0.2, 0.25) is 0 Å². The molecule has 0 aromatic carbocycles. The van der Waals surface area contributed by atoms with Gasteiger partial charge in [0, 0.05) is 25.2 Å². The maximum atomic E-state index is 12.3. The van der Waals surface area contributed by atoms with Crippen molar-refractivity contribution in [1.29, 1.82) is 0 Å². The van der Waals surface area contributed by atoms with Crippen LogP contribution in [0.4, 0.5) is 4.79 Å². The van der Waals surface area contributed by atoms with Gasteiger partial charge in [0.05, 0.1) is 6.54 Å². The Hall–Kier alpha value is -1.50. The minimum Gasteiger partial charge on any atom is -0.444 e. The maximum absolute atomic E-state index is 12.3. The van der Waals surface area contributed by atoms with E-state index in [-0.39, 0.29) is 12.1 Å². The van der Waals surface area contributed by atoms with Gasteiger partial charge in [-0.05, 0) is 67.0 Å². The van der Waals surface area contributed by atoms with E-state index in [9.17, 15) is 4.79 Å². The highest BCUT2D eigenvalue weighted by atomic mass is 16.6. The average Bonchev–Trinajstić information content (AvgIpc) is 2.98. The molecule has 1 fully saturated rings. The third-order valence-corrected chi connectivity index (χ3v) is 4.51. The summed E-state index contributed by atoms with van der Waals surface area (Å²) in [6.07, 6.45) is 2.97. The predicted octanol–water partition coefficient (Wildman–Crippen LogP) is 2.41. The lowest BCUT2D eigenvalue weighted by molar-refractivity contribution is 0.0190. The van der Waals surface area contributed by atoms with Crippen LogP contribution in [0.2, 0.25) is 0 Å². The summed E-state index contributed by atoms with van der Waals surface area (Å²) in [4.78, 5) is 20.9. The predicted molar refractivity (Wildman–Crippen MR) is 107 cm³/mol. The number of ether oxygens (including phenoxy) is 1. The molecular formula is C19H39N5O2. The number of likely N-dealkylation sites (N-methyl/N-ethyl adjacent to an activating group) is 1. The van der Waals surface area contributed by atoms with Crippen molar-refractivity contribution < 1.29 is 9.53 Å². The number of nitrogens with two attached hydrogens (primary N) is 1. The molecule has 1 heterocycles. The van der Waals surface area contributed by atoms with Crippen molar-refractivity contribution in [3.63, 3.8) is 0 Å². The molecule has 7 nitrogen and oxygen atoms in total. The molecule has 1 saturated heterocycles. The van der Waals surface area contributed by atoms with E-state index in [0.29, 0.717) is 25.1 Å². The summed E-state index contributed by atoms with van der Waals surface area (Å²) in [6.45, 7) is 16.1. The second-order valence-electron chi connectivity index (χ2n) is 8.20. The number of nitrogens with zero attached hydrogens (tertiary/aromatic N) is 3. The Labute approximate surface area is 159 Å². The van der Waals surface area contributed by atoms with Crippen molar-refractivity contribution in [2.45, 2.75) is 78.5 Å². The van der Waals surface area contributed by atoms with Crippen LogP contribution in [0.3, 0.4) is 0 Å². The minimum atomic E-state index is -0.480. The van der Waals surface area contributed by atoms with Crippen molar-refractivity contribution in [3.05, 3.63) is 0 Å². The SMILES string of the molecule is CCN1CCCC1CN=C(N)NCCCN(C(=O)OC(C)(C)C)C(C)C. The van der Waals surface area contributed by atoms with E-state index in [0.717, 1.165) is 19.5 Å². The molecule has 0 saturated carbocycles. The first kappa shape index (κ1) is 22.5. The van der Waals surface area contributed by atoms with Crippen LogP contribution >= 0.6 is 0 Å². The van der Waals surface area contributed by atoms with Gasteiger partial charge in [0.15, 0.2) is 5.96 Å². The van der Waals surface area contributed by atoms with E-state index in [1.54, 1.807) is 4.90 Å². The second kappa shape index (κ2) is 10.6. The van der Waals surface area contributed by atoms with Gasteiger partial charge < -0.3 is 20.7 Å². The molecule has 152 valence electrons. The first-order valence-corrected chi connectivity index (χ1v) is 9.91. The summed E-state index contributed by atoms with van der Waals surface area (Å²) >= 11 is 0. The molecule has 0 aromatic heterocycles. The summed E-state index contributed by atoms with van der Waals surface area (Å²) in [5.74, 6) is 0.487. The highest BCUT2D eigenvalue weighted by Crippen LogP contribution is 2.16. The lowest BCUT2D eigenvalue weighted by atomic mass is 10.2. The molecule has 1 aliphatic heterocycles. The number of rotatable bonds is 8. The van der Waals surface area contributed by atoms with Crippen molar-refractivity contribution in [2.75, 3.05) is 32.7 Å². The minimum absolute atomic E-state index is 0.0956. The number of carbonyl (C=O) groups excluding carboxylic acids is 1. The Morgan fingerprint density at radius 1 is 1.42 bits per heavy atom. The Kier molecular flexibility index (Phi) is 9.19. The van der Waals surface area contributed by atoms with Crippen molar-refractivity contribution in [2.24, 2.45) is 10.7 Å². The number of carbonyl (C=O) groups is 1. The van der Waals surface area contributed by atoms with Gasteiger partial charge in [0.25, 0.3) is 0 Å². The zero-order valence-corrected chi connectivity index (χ0v) is 17.5. The first-order chi connectivity index (χ1) is 12.1. The fraction of sp³-hybridized carbons (Fsp3) is 0.895. The number of likely N-dealkylation sites (tertiary alicyclic amines) is 1. The molecule has 1 atom stereocenters. The van der Waals surface area contributed by atoms with Gasteiger partial charge in [-0.3, -0.25) is 9.89 Å². The van der Waals surface area contributed by atoms with E-state index < -0.39 is 5.60 Å². The lowest BCUT2D eigenvalue weighted by Crippen LogP contribution is -2.42. The number of aliphatic imine (C=N–C) groups is 1. The van der Waals surface area contributed by atoms with E-state index >= 15 is 0 Å². The third kappa shape index (κ3) is 8.25. The van der Waals surface area contributed by atoms with Gasteiger partial charge in [-0.15, -0.1) is 0 Å². The smallest absolute Gasteiger partial charge is 0.410 e. The summed E-state index contributed by atoms with van der Waals surface area (Å²) in [7, 11) is 0. The zero-order chi connectivity index (χ0) is 19.7. The van der Waals surface area contributed by atoms with E-state index in [1.165, 1.54) is 19.4 Å². The Morgan fingerprint density at radius 3 is 2.69 bits per heavy atom. The summed E-state index contributed by atoms with van der Waals surface area (Å²) in [5.41, 5.74) is 5.49. The van der Waals surface area contributed by atoms with Crippen molar-refractivity contribution in [1.82, 2.24) is 15.1 Å². The van der Waals surface area contributed by atoms with Crippen molar-refractivity contribution in [3.8, 4) is 0 Å². The zero-order valence-electron chi connectivity index (χ0n) is 17.5. The van der Waals surface area contributed by atoms with Crippen LogP contribution in [0.1, 0.15) is 60.8 Å². The molecule has 3 N–H and O–H groups in total. The molecular weight excluding hydrogens is 330 g/mol. The highest BCUT2D eigenvalue weighted by Gasteiger charge is 2.24. The number of hydrogen-bond acceptors (Lipinski definition) is 4. The van der Waals surface area contributed by atoms with Crippen molar-refractivity contribution >= 4 is 12.1 Å². The second-order valence-corrected chi connectivity index (χ2v) is 8.20. The fourth-order valence-corrected chi connectivity index (χ4v) is 3.12. The molecule has 26 heavy (non-hydrogen) atoms. The van der Waals surface area contributed by atoms with Gasteiger partial charge >= 0.3 is 6.09 Å². The number of amides is 1. The average molecular weight is 370 g/mol. The van der Waals surface area contributed by atoms with Crippen LogP contribution < -0.4 is 11.1 Å². The van der Waals surface area contributed by atoms with Gasteiger partial charge in [-0.25, -0.2) is 4.79 Å². The van der Waals surface area contributed by atoms with E-state index in [1.807, 2.05) is 34.6 Å². The molecule has 1 aliphatic rings. The first-order valence-electron chi connectivity index (χ1n) is 9.91.